The minimum Gasteiger partial charge on any atom is -0.367 e. The molecule has 11 heteroatoms. The molecule has 0 spiro atoms. The van der Waals surface area contributed by atoms with Crippen molar-refractivity contribution < 1.29 is 18.0 Å². The fraction of sp³-hybridized carbons (Fsp3) is 0.111. The van der Waals surface area contributed by atoms with E-state index >= 15 is 0 Å². The van der Waals surface area contributed by atoms with Gasteiger partial charge in [-0.2, -0.15) is 0 Å². The summed E-state index contributed by atoms with van der Waals surface area (Å²) in [5.74, 6) is -2.82. The first kappa shape index (κ1) is 19.9. The first-order valence-electron chi connectivity index (χ1n) is 8.47. The summed E-state index contributed by atoms with van der Waals surface area (Å²) < 4.78 is 39.5. The zero-order valence-corrected chi connectivity index (χ0v) is 14.9. The summed E-state index contributed by atoms with van der Waals surface area (Å²) in [5.41, 5.74) is -0.462. The number of anilines is 4. The summed E-state index contributed by atoms with van der Waals surface area (Å²) in [6, 6.07) is 9.71. The second-order valence-electron chi connectivity index (χ2n) is 5.67. The summed E-state index contributed by atoms with van der Waals surface area (Å²) in [5, 5.41) is 18.5. The highest BCUT2D eigenvalue weighted by atomic mass is 19.2. The summed E-state index contributed by atoms with van der Waals surface area (Å²) >= 11 is 0. The fourth-order valence-electron chi connectivity index (χ4n) is 2.22. The summed E-state index contributed by atoms with van der Waals surface area (Å²) in [6.07, 6.45) is 1.65. The predicted octanol–water partition coefficient (Wildman–Crippen LogP) is 3.27. The molecule has 2 amide bonds. The number of nitrogens with zero attached hydrogens (tertiary/aromatic N) is 3. The molecular weight excluding hydrogens is 387 g/mol. The molecule has 2 heterocycles. The Morgan fingerprint density at radius 3 is 2.38 bits per heavy atom. The number of nitrogens with one attached hydrogen (secondary N) is 4. The van der Waals surface area contributed by atoms with Crippen LogP contribution in [-0.2, 0) is 0 Å². The van der Waals surface area contributed by atoms with Crippen molar-refractivity contribution in [2.45, 2.75) is 0 Å². The van der Waals surface area contributed by atoms with Gasteiger partial charge in [0.1, 0.15) is 11.6 Å². The van der Waals surface area contributed by atoms with E-state index in [1.165, 1.54) is 0 Å². The van der Waals surface area contributed by atoms with Crippen LogP contribution in [0, 0.1) is 17.5 Å². The molecule has 29 heavy (non-hydrogen) atoms. The predicted molar refractivity (Wildman–Crippen MR) is 101 cm³/mol. The van der Waals surface area contributed by atoms with Gasteiger partial charge in [-0.1, -0.05) is 6.07 Å². The van der Waals surface area contributed by atoms with E-state index in [-0.39, 0.29) is 6.54 Å². The summed E-state index contributed by atoms with van der Waals surface area (Å²) in [4.78, 5) is 15.8. The van der Waals surface area contributed by atoms with Crippen molar-refractivity contribution in [3.8, 4) is 0 Å². The number of carbonyl (C=O) groups is 1. The topological polar surface area (TPSA) is 104 Å². The quantitative estimate of drug-likeness (QED) is 0.357. The Kier molecular flexibility index (Phi) is 6.40. The Morgan fingerprint density at radius 1 is 0.862 bits per heavy atom. The molecule has 0 radical (unpaired) electrons. The van der Waals surface area contributed by atoms with Gasteiger partial charge in [-0.05, 0) is 36.4 Å². The SMILES string of the molecule is O=C(NCCNc1ccc(Nc2ccccn2)nn1)Nc1ccc(F)c(F)c1F. The van der Waals surface area contributed by atoms with E-state index in [1.807, 2.05) is 6.07 Å². The number of aromatic nitrogens is 3. The average molecular weight is 403 g/mol. The minimum atomic E-state index is -1.65. The molecule has 3 aromatic rings. The molecule has 0 aliphatic carbocycles. The van der Waals surface area contributed by atoms with Gasteiger partial charge in [0, 0.05) is 19.3 Å². The molecule has 0 saturated heterocycles. The molecule has 0 saturated carbocycles. The van der Waals surface area contributed by atoms with E-state index in [1.54, 1.807) is 30.5 Å². The fourth-order valence-corrected chi connectivity index (χ4v) is 2.22. The molecule has 150 valence electrons. The number of carbonyl (C=O) groups excluding carboxylic acids is 1. The lowest BCUT2D eigenvalue weighted by molar-refractivity contribution is 0.252. The normalized spacial score (nSPS) is 10.3. The molecule has 0 aliphatic heterocycles. The number of pyridine rings is 1. The number of urea groups is 1. The van der Waals surface area contributed by atoms with Crippen molar-refractivity contribution in [2.24, 2.45) is 0 Å². The van der Waals surface area contributed by atoms with Gasteiger partial charge < -0.3 is 21.3 Å². The Hall–Kier alpha value is -3.89. The molecule has 0 aliphatic rings. The second-order valence-corrected chi connectivity index (χ2v) is 5.67. The molecule has 0 fully saturated rings. The van der Waals surface area contributed by atoms with Crippen LogP contribution >= 0.6 is 0 Å². The molecule has 0 atom stereocenters. The Balaban J connectivity index is 1.41. The van der Waals surface area contributed by atoms with Gasteiger partial charge in [-0.3, -0.25) is 0 Å². The van der Waals surface area contributed by atoms with Gasteiger partial charge in [0.2, 0.25) is 0 Å². The Morgan fingerprint density at radius 2 is 1.66 bits per heavy atom. The lowest BCUT2D eigenvalue weighted by atomic mass is 10.3. The third-order valence-electron chi connectivity index (χ3n) is 3.59. The summed E-state index contributed by atoms with van der Waals surface area (Å²) in [7, 11) is 0. The van der Waals surface area contributed by atoms with Crippen molar-refractivity contribution in [1.82, 2.24) is 20.5 Å². The van der Waals surface area contributed by atoms with E-state index in [9.17, 15) is 18.0 Å². The van der Waals surface area contributed by atoms with E-state index in [0.29, 0.717) is 24.0 Å². The highest BCUT2D eigenvalue weighted by Crippen LogP contribution is 2.19. The maximum absolute atomic E-state index is 13.5. The van der Waals surface area contributed by atoms with Crippen LogP contribution in [0.15, 0.2) is 48.7 Å². The van der Waals surface area contributed by atoms with E-state index < -0.39 is 29.2 Å². The maximum Gasteiger partial charge on any atom is 0.319 e. The Labute approximate surface area is 163 Å². The van der Waals surface area contributed by atoms with Crippen molar-refractivity contribution in [1.29, 1.82) is 0 Å². The van der Waals surface area contributed by atoms with Crippen LogP contribution in [0.1, 0.15) is 0 Å². The second kappa shape index (κ2) is 9.35. The molecule has 3 rings (SSSR count). The van der Waals surface area contributed by atoms with Gasteiger partial charge in [0.25, 0.3) is 0 Å². The standard InChI is InChI=1S/C18H16F3N7O/c19-11-4-5-12(17(21)16(11)20)25-18(29)24-10-9-23-14-6-7-15(28-27-14)26-13-3-1-2-8-22-13/h1-8H,9-10H2,(H,23,27)(H,22,26,28)(H2,24,25,29). The number of hydrogen-bond acceptors (Lipinski definition) is 6. The molecule has 0 bridgehead atoms. The van der Waals surface area contributed by atoms with Gasteiger partial charge in [0.15, 0.2) is 23.3 Å². The smallest absolute Gasteiger partial charge is 0.319 e. The van der Waals surface area contributed by atoms with E-state index in [4.69, 9.17) is 0 Å². The number of hydrogen-bond donors (Lipinski definition) is 4. The zero-order valence-electron chi connectivity index (χ0n) is 14.9. The van der Waals surface area contributed by atoms with E-state index in [2.05, 4.69) is 36.4 Å². The van der Waals surface area contributed by atoms with E-state index in [0.717, 1.165) is 12.1 Å². The highest BCUT2D eigenvalue weighted by Gasteiger charge is 2.14. The zero-order chi connectivity index (χ0) is 20.6. The first-order valence-corrected chi connectivity index (χ1v) is 8.47. The van der Waals surface area contributed by atoms with Crippen LogP contribution in [0.5, 0.6) is 0 Å². The van der Waals surface area contributed by atoms with Gasteiger partial charge >= 0.3 is 6.03 Å². The average Bonchev–Trinajstić information content (AvgIpc) is 2.73. The van der Waals surface area contributed by atoms with Crippen molar-refractivity contribution in [3.63, 3.8) is 0 Å². The maximum atomic E-state index is 13.5. The number of benzene rings is 1. The van der Waals surface area contributed by atoms with Crippen LogP contribution in [0.2, 0.25) is 0 Å². The van der Waals surface area contributed by atoms with Gasteiger partial charge in [0.05, 0.1) is 5.69 Å². The van der Waals surface area contributed by atoms with Crippen LogP contribution in [0.4, 0.5) is 41.1 Å². The van der Waals surface area contributed by atoms with Crippen molar-refractivity contribution in [3.05, 3.63) is 66.1 Å². The minimum absolute atomic E-state index is 0.159. The van der Waals surface area contributed by atoms with Crippen LogP contribution < -0.4 is 21.3 Å². The van der Waals surface area contributed by atoms with Crippen LogP contribution in [-0.4, -0.2) is 34.3 Å². The first-order chi connectivity index (χ1) is 14.0. The van der Waals surface area contributed by atoms with Crippen molar-refractivity contribution >= 4 is 29.2 Å². The monoisotopic (exact) mass is 403 g/mol. The number of amides is 2. The lowest BCUT2D eigenvalue weighted by Crippen LogP contribution is -2.33. The molecule has 1 aromatic carbocycles. The molecule has 4 N–H and O–H groups in total. The Bertz CT molecular complexity index is 971. The molecule has 8 nitrogen and oxygen atoms in total. The molecular formula is C18H16F3N7O. The van der Waals surface area contributed by atoms with Gasteiger partial charge in [-0.15, -0.1) is 10.2 Å². The summed E-state index contributed by atoms with van der Waals surface area (Å²) in [6.45, 7) is 0.460. The van der Waals surface area contributed by atoms with Gasteiger partial charge in [-0.25, -0.2) is 22.9 Å². The van der Waals surface area contributed by atoms with Crippen molar-refractivity contribution in [2.75, 3.05) is 29.0 Å². The molecule has 2 aromatic heterocycles. The van der Waals surface area contributed by atoms with Crippen LogP contribution in [0.25, 0.3) is 0 Å². The lowest BCUT2D eigenvalue weighted by Gasteiger charge is -2.10. The number of rotatable bonds is 7. The van der Waals surface area contributed by atoms with Crippen LogP contribution in [0.3, 0.4) is 0 Å². The largest absolute Gasteiger partial charge is 0.367 e. The highest BCUT2D eigenvalue weighted by molar-refractivity contribution is 5.89. The molecule has 0 unspecified atom stereocenters. The third-order valence-corrected chi connectivity index (χ3v) is 3.59. The number of halogens is 3. The third kappa shape index (κ3) is 5.54.